The lowest BCUT2D eigenvalue weighted by atomic mass is 9.95. The average molecular weight is 390 g/mol. The third-order valence-electron chi connectivity index (χ3n) is 5.36. The first-order valence-corrected chi connectivity index (χ1v) is 9.81. The molecule has 1 aliphatic rings. The summed E-state index contributed by atoms with van der Waals surface area (Å²) in [5, 5.41) is 11.6. The molecule has 0 unspecified atom stereocenters. The van der Waals surface area contributed by atoms with Crippen LogP contribution >= 0.6 is 0 Å². The summed E-state index contributed by atoms with van der Waals surface area (Å²) in [6, 6.07) is 17.9. The smallest absolute Gasteiger partial charge is 0.227 e. The number of amides is 1. The molecule has 1 fully saturated rings. The maximum atomic E-state index is 13.4. The Kier molecular flexibility index (Phi) is 5.51. The van der Waals surface area contributed by atoms with Gasteiger partial charge in [-0.3, -0.25) is 4.79 Å². The van der Waals surface area contributed by atoms with Crippen molar-refractivity contribution in [2.45, 2.75) is 19.8 Å². The van der Waals surface area contributed by atoms with Crippen molar-refractivity contribution in [1.29, 1.82) is 0 Å². The van der Waals surface area contributed by atoms with Crippen LogP contribution < -0.4 is 10.2 Å². The summed E-state index contributed by atoms with van der Waals surface area (Å²) in [5.41, 5.74) is 3.28. The van der Waals surface area contributed by atoms with Gasteiger partial charge in [-0.2, -0.15) is 0 Å². The van der Waals surface area contributed by atoms with Crippen LogP contribution in [0.15, 0.2) is 60.7 Å². The van der Waals surface area contributed by atoms with Crippen molar-refractivity contribution < 1.29 is 9.18 Å². The van der Waals surface area contributed by atoms with Gasteiger partial charge in [-0.1, -0.05) is 30.3 Å². The minimum atomic E-state index is -0.292. The molecule has 0 bridgehead atoms. The molecule has 5 nitrogen and oxygen atoms in total. The van der Waals surface area contributed by atoms with Gasteiger partial charge < -0.3 is 10.2 Å². The molecule has 29 heavy (non-hydrogen) atoms. The van der Waals surface area contributed by atoms with E-state index in [-0.39, 0.29) is 17.6 Å². The highest BCUT2D eigenvalue weighted by Gasteiger charge is 2.26. The van der Waals surface area contributed by atoms with Crippen LogP contribution in [0.5, 0.6) is 0 Å². The van der Waals surface area contributed by atoms with Crippen LogP contribution in [0.25, 0.3) is 11.3 Å². The Morgan fingerprint density at radius 2 is 1.83 bits per heavy atom. The summed E-state index contributed by atoms with van der Waals surface area (Å²) >= 11 is 0. The van der Waals surface area contributed by atoms with Gasteiger partial charge in [0, 0.05) is 30.3 Å². The summed E-state index contributed by atoms with van der Waals surface area (Å²) < 4.78 is 13.4. The lowest BCUT2D eigenvalue weighted by molar-refractivity contribution is -0.120. The summed E-state index contributed by atoms with van der Waals surface area (Å²) in [7, 11) is 0. The molecule has 2 heterocycles. The summed E-state index contributed by atoms with van der Waals surface area (Å²) in [6.45, 7) is 3.49. The van der Waals surface area contributed by atoms with Gasteiger partial charge >= 0.3 is 0 Å². The highest BCUT2D eigenvalue weighted by Crippen LogP contribution is 2.25. The second-order valence-electron chi connectivity index (χ2n) is 7.35. The molecule has 0 aliphatic carbocycles. The number of aryl methyl sites for hydroxylation is 1. The number of hydrogen-bond donors (Lipinski definition) is 1. The standard InChI is InChI=1S/C23H23FN4O/c1-16-5-2-3-8-20(16)25-23(29)17-11-13-28(14-12-17)22-10-9-21(26-27-22)18-6-4-7-19(24)15-18/h2-10,15,17H,11-14H2,1H3,(H,25,29). The van der Waals surface area contributed by atoms with Crippen molar-refractivity contribution in [3.8, 4) is 11.3 Å². The van der Waals surface area contributed by atoms with E-state index in [0.29, 0.717) is 11.3 Å². The Morgan fingerprint density at radius 3 is 2.52 bits per heavy atom. The fourth-order valence-electron chi connectivity index (χ4n) is 3.61. The molecular weight excluding hydrogens is 367 g/mol. The van der Waals surface area contributed by atoms with Crippen molar-refractivity contribution in [3.63, 3.8) is 0 Å². The third-order valence-corrected chi connectivity index (χ3v) is 5.36. The van der Waals surface area contributed by atoms with Gasteiger partial charge in [0.05, 0.1) is 5.69 Å². The van der Waals surface area contributed by atoms with Crippen molar-refractivity contribution >= 4 is 17.4 Å². The van der Waals surface area contributed by atoms with Gasteiger partial charge in [0.2, 0.25) is 5.91 Å². The van der Waals surface area contributed by atoms with Gasteiger partial charge in [0.15, 0.2) is 5.82 Å². The molecule has 0 spiro atoms. The van der Waals surface area contributed by atoms with Crippen molar-refractivity contribution in [2.75, 3.05) is 23.3 Å². The molecule has 0 saturated carbocycles. The molecule has 3 aromatic rings. The molecule has 148 valence electrons. The molecule has 2 aromatic carbocycles. The first kappa shape index (κ1) is 19.1. The Morgan fingerprint density at radius 1 is 1.03 bits per heavy atom. The van der Waals surface area contributed by atoms with Gasteiger partial charge in [0.1, 0.15) is 5.82 Å². The van der Waals surface area contributed by atoms with E-state index >= 15 is 0 Å². The van der Waals surface area contributed by atoms with Crippen LogP contribution in [0.4, 0.5) is 15.9 Å². The van der Waals surface area contributed by atoms with E-state index in [1.54, 1.807) is 6.07 Å². The van der Waals surface area contributed by atoms with Crippen molar-refractivity contribution in [2.24, 2.45) is 5.92 Å². The van der Waals surface area contributed by atoms with Gasteiger partial charge in [-0.15, -0.1) is 10.2 Å². The van der Waals surface area contributed by atoms with Gasteiger partial charge in [0.25, 0.3) is 0 Å². The van der Waals surface area contributed by atoms with E-state index in [1.807, 2.05) is 49.4 Å². The molecule has 6 heteroatoms. The summed E-state index contributed by atoms with van der Waals surface area (Å²) in [6.07, 6.45) is 1.54. The van der Waals surface area contributed by atoms with E-state index in [2.05, 4.69) is 20.4 Å². The van der Waals surface area contributed by atoms with Crippen LogP contribution in [0, 0.1) is 18.7 Å². The number of para-hydroxylation sites is 1. The zero-order valence-corrected chi connectivity index (χ0v) is 16.3. The van der Waals surface area contributed by atoms with Crippen LogP contribution in [0.1, 0.15) is 18.4 Å². The predicted molar refractivity (Wildman–Crippen MR) is 112 cm³/mol. The molecule has 1 amide bonds. The average Bonchev–Trinajstić information content (AvgIpc) is 2.75. The van der Waals surface area contributed by atoms with Crippen LogP contribution in [-0.4, -0.2) is 29.2 Å². The molecular formula is C23H23FN4O. The van der Waals surface area contributed by atoms with Gasteiger partial charge in [-0.05, 0) is 55.7 Å². The minimum absolute atomic E-state index is 0.00891. The Balaban J connectivity index is 1.36. The van der Waals surface area contributed by atoms with Crippen molar-refractivity contribution in [3.05, 3.63) is 72.0 Å². The summed E-state index contributed by atoms with van der Waals surface area (Å²) in [4.78, 5) is 14.7. The number of anilines is 2. The van der Waals surface area contributed by atoms with E-state index in [1.165, 1.54) is 12.1 Å². The number of carbonyl (C=O) groups is 1. The molecule has 1 aliphatic heterocycles. The number of piperidine rings is 1. The fourth-order valence-corrected chi connectivity index (χ4v) is 3.61. The lowest BCUT2D eigenvalue weighted by Crippen LogP contribution is -2.38. The van der Waals surface area contributed by atoms with E-state index in [0.717, 1.165) is 43.0 Å². The van der Waals surface area contributed by atoms with Gasteiger partial charge in [-0.25, -0.2) is 4.39 Å². The predicted octanol–water partition coefficient (Wildman–Crippen LogP) is 4.45. The highest BCUT2D eigenvalue weighted by molar-refractivity contribution is 5.93. The molecule has 1 N–H and O–H groups in total. The summed E-state index contributed by atoms with van der Waals surface area (Å²) in [5.74, 6) is 0.555. The quantitative estimate of drug-likeness (QED) is 0.715. The molecule has 1 saturated heterocycles. The SMILES string of the molecule is Cc1ccccc1NC(=O)C1CCN(c2ccc(-c3cccc(F)c3)nn2)CC1. The topological polar surface area (TPSA) is 58.1 Å². The van der Waals surface area contributed by atoms with Crippen molar-refractivity contribution in [1.82, 2.24) is 10.2 Å². The van der Waals surface area contributed by atoms with E-state index in [9.17, 15) is 9.18 Å². The number of aromatic nitrogens is 2. The molecule has 4 rings (SSSR count). The number of nitrogens with zero attached hydrogens (tertiary/aromatic N) is 3. The van der Waals surface area contributed by atoms with E-state index in [4.69, 9.17) is 0 Å². The largest absolute Gasteiger partial charge is 0.355 e. The van der Waals surface area contributed by atoms with Crippen LogP contribution in [0.2, 0.25) is 0 Å². The monoisotopic (exact) mass is 390 g/mol. The Hall–Kier alpha value is -3.28. The lowest BCUT2D eigenvalue weighted by Gasteiger charge is -2.32. The molecule has 0 radical (unpaired) electrons. The Labute approximate surface area is 169 Å². The number of nitrogens with one attached hydrogen (secondary N) is 1. The maximum absolute atomic E-state index is 13.4. The first-order valence-electron chi connectivity index (χ1n) is 9.81. The fraction of sp³-hybridized carbons (Fsp3) is 0.261. The highest BCUT2D eigenvalue weighted by atomic mass is 19.1. The molecule has 1 aromatic heterocycles. The maximum Gasteiger partial charge on any atom is 0.227 e. The van der Waals surface area contributed by atoms with Crippen LogP contribution in [0.3, 0.4) is 0 Å². The first-order chi connectivity index (χ1) is 14.1. The number of halogens is 1. The Bertz CT molecular complexity index is 998. The number of hydrogen-bond acceptors (Lipinski definition) is 4. The number of rotatable bonds is 4. The number of benzene rings is 2. The third kappa shape index (κ3) is 4.42. The normalized spacial score (nSPS) is 14.6. The number of carbonyl (C=O) groups excluding carboxylic acids is 1. The second-order valence-corrected chi connectivity index (χ2v) is 7.35. The minimum Gasteiger partial charge on any atom is -0.355 e. The zero-order valence-electron chi connectivity index (χ0n) is 16.3. The zero-order chi connectivity index (χ0) is 20.2. The van der Waals surface area contributed by atoms with E-state index < -0.39 is 0 Å². The molecule has 0 atom stereocenters. The van der Waals surface area contributed by atoms with Crippen LogP contribution in [-0.2, 0) is 4.79 Å². The second kappa shape index (κ2) is 8.39.